The Morgan fingerprint density at radius 3 is 3.15 bits per heavy atom. The third kappa shape index (κ3) is 2.68. The first-order chi connectivity index (χ1) is 6.24. The van der Waals surface area contributed by atoms with Crippen LogP contribution in [0.25, 0.3) is 0 Å². The fourth-order valence-electron chi connectivity index (χ4n) is 0.570. The molecule has 0 aliphatic heterocycles. The number of aromatic nitrogens is 1. The van der Waals surface area contributed by atoms with Crippen LogP contribution in [0.2, 0.25) is 0 Å². The van der Waals surface area contributed by atoms with Crippen molar-refractivity contribution in [3.8, 4) is 0 Å². The number of hydrogen-bond acceptors (Lipinski definition) is 5. The summed E-state index contributed by atoms with van der Waals surface area (Å²) >= 11 is 1.02. The van der Waals surface area contributed by atoms with Gasteiger partial charge in [0.1, 0.15) is 4.88 Å². The lowest BCUT2D eigenvalue weighted by atomic mass is 10.6. The first-order valence-corrected chi connectivity index (χ1v) is 4.15. The molecule has 1 aromatic heterocycles. The van der Waals surface area contributed by atoms with Gasteiger partial charge < -0.3 is 5.11 Å². The second-order valence-corrected chi connectivity index (χ2v) is 2.99. The van der Waals surface area contributed by atoms with E-state index in [-0.39, 0.29) is 4.88 Å². The van der Waals surface area contributed by atoms with Gasteiger partial charge in [-0.3, -0.25) is 5.43 Å². The molecule has 0 saturated carbocycles. The number of carbonyl (C=O) groups is 1. The van der Waals surface area contributed by atoms with Crippen molar-refractivity contribution in [2.45, 2.75) is 0 Å². The van der Waals surface area contributed by atoms with Crippen molar-refractivity contribution < 1.29 is 9.90 Å². The average Bonchev–Trinajstić information content (AvgIpc) is 2.53. The fourth-order valence-corrected chi connectivity index (χ4v) is 1.17. The van der Waals surface area contributed by atoms with Gasteiger partial charge in [0.2, 0.25) is 5.13 Å². The van der Waals surface area contributed by atoms with E-state index in [2.05, 4.69) is 22.1 Å². The Labute approximate surface area is 78.4 Å². The summed E-state index contributed by atoms with van der Waals surface area (Å²) in [6.45, 7) is 3.42. The fraction of sp³-hybridized carbons (Fsp3) is 0. The van der Waals surface area contributed by atoms with Crippen LogP contribution < -0.4 is 5.43 Å². The molecule has 0 aliphatic rings. The van der Waals surface area contributed by atoms with Gasteiger partial charge in [0, 0.05) is 6.21 Å². The number of carboxylic acids is 1. The van der Waals surface area contributed by atoms with E-state index < -0.39 is 5.97 Å². The molecule has 5 nitrogen and oxygen atoms in total. The topological polar surface area (TPSA) is 74.6 Å². The van der Waals surface area contributed by atoms with Crippen molar-refractivity contribution in [2.24, 2.45) is 5.10 Å². The maximum Gasteiger partial charge on any atom is 0.347 e. The molecule has 0 aliphatic carbocycles. The first-order valence-electron chi connectivity index (χ1n) is 3.33. The number of thiazole rings is 1. The van der Waals surface area contributed by atoms with E-state index in [0.29, 0.717) is 5.13 Å². The second-order valence-electron chi connectivity index (χ2n) is 1.96. The van der Waals surface area contributed by atoms with Crippen LogP contribution in [-0.4, -0.2) is 22.3 Å². The predicted molar refractivity (Wildman–Crippen MR) is 51.4 cm³/mol. The lowest BCUT2D eigenvalue weighted by Crippen LogP contribution is -1.89. The Balaban J connectivity index is 2.63. The summed E-state index contributed by atoms with van der Waals surface area (Å²) in [7, 11) is 0. The molecule has 1 heterocycles. The monoisotopic (exact) mass is 197 g/mol. The molecular formula is C7H7N3O2S. The van der Waals surface area contributed by atoms with E-state index in [9.17, 15) is 4.79 Å². The highest BCUT2D eigenvalue weighted by molar-refractivity contribution is 7.17. The molecule has 2 N–H and O–H groups in total. The zero-order valence-electron chi connectivity index (χ0n) is 6.60. The smallest absolute Gasteiger partial charge is 0.347 e. The molecule has 1 aromatic rings. The Kier molecular flexibility index (Phi) is 3.15. The summed E-state index contributed by atoms with van der Waals surface area (Å²) in [4.78, 5) is 14.4. The minimum absolute atomic E-state index is 0.177. The van der Waals surface area contributed by atoms with Gasteiger partial charge in [0.05, 0.1) is 6.20 Å². The quantitative estimate of drug-likeness (QED) is 0.565. The Morgan fingerprint density at radius 2 is 2.62 bits per heavy atom. The number of nitrogens with zero attached hydrogens (tertiary/aromatic N) is 2. The van der Waals surface area contributed by atoms with E-state index >= 15 is 0 Å². The van der Waals surface area contributed by atoms with Gasteiger partial charge in [-0.15, -0.1) is 0 Å². The van der Waals surface area contributed by atoms with Crippen molar-refractivity contribution in [1.82, 2.24) is 4.98 Å². The van der Waals surface area contributed by atoms with Crippen molar-refractivity contribution in [3.63, 3.8) is 0 Å². The maximum absolute atomic E-state index is 10.4. The second kappa shape index (κ2) is 4.36. The van der Waals surface area contributed by atoms with E-state index in [1.54, 1.807) is 0 Å². The molecule has 0 spiro atoms. The zero-order chi connectivity index (χ0) is 9.68. The van der Waals surface area contributed by atoms with Crippen LogP contribution in [0.1, 0.15) is 9.67 Å². The molecule has 0 atom stereocenters. The number of hydrogen-bond donors (Lipinski definition) is 2. The van der Waals surface area contributed by atoms with Gasteiger partial charge in [-0.05, 0) is 6.08 Å². The van der Waals surface area contributed by atoms with Gasteiger partial charge in [-0.25, -0.2) is 9.78 Å². The van der Waals surface area contributed by atoms with Gasteiger partial charge in [0.15, 0.2) is 0 Å². The van der Waals surface area contributed by atoms with Gasteiger partial charge >= 0.3 is 5.97 Å². The molecule has 6 heteroatoms. The number of nitrogens with one attached hydrogen (secondary N) is 1. The molecule has 68 valence electrons. The summed E-state index contributed by atoms with van der Waals surface area (Å²) in [5.74, 6) is -0.988. The highest BCUT2D eigenvalue weighted by Gasteiger charge is 2.06. The van der Waals surface area contributed by atoms with E-state index in [1.165, 1.54) is 18.5 Å². The normalized spacial score (nSPS) is 10.2. The molecule has 0 radical (unpaired) electrons. The minimum Gasteiger partial charge on any atom is -0.477 e. The Morgan fingerprint density at radius 1 is 1.85 bits per heavy atom. The summed E-state index contributed by atoms with van der Waals surface area (Å²) in [6, 6.07) is 0. The van der Waals surface area contributed by atoms with Gasteiger partial charge in [-0.2, -0.15) is 5.10 Å². The Hall–Kier alpha value is -1.69. The number of hydrazone groups is 1. The highest BCUT2D eigenvalue weighted by Crippen LogP contribution is 2.17. The maximum atomic E-state index is 10.4. The van der Waals surface area contributed by atoms with E-state index in [0.717, 1.165) is 11.3 Å². The van der Waals surface area contributed by atoms with Crippen LogP contribution in [0, 0.1) is 0 Å². The average molecular weight is 197 g/mol. The van der Waals surface area contributed by atoms with Crippen LogP contribution >= 0.6 is 11.3 Å². The first kappa shape index (κ1) is 9.40. The third-order valence-corrected chi connectivity index (χ3v) is 1.95. The molecule has 0 fully saturated rings. The number of allylic oxidation sites excluding steroid dienone is 1. The lowest BCUT2D eigenvalue weighted by Gasteiger charge is -1.88. The SMILES string of the molecule is C=CC=NNc1ncc(C(=O)O)s1. The van der Waals surface area contributed by atoms with Crippen molar-refractivity contribution in [2.75, 3.05) is 5.43 Å². The predicted octanol–water partition coefficient (Wildman–Crippen LogP) is 1.43. The Bertz CT molecular complexity index is 345. The minimum atomic E-state index is -0.988. The van der Waals surface area contributed by atoms with Crippen LogP contribution in [0.3, 0.4) is 0 Å². The number of carboxylic acid groups (broad SMARTS) is 1. The number of rotatable bonds is 4. The summed E-state index contributed by atoms with van der Waals surface area (Å²) in [5, 5.41) is 12.7. The van der Waals surface area contributed by atoms with E-state index in [1.807, 2.05) is 0 Å². The summed E-state index contributed by atoms with van der Waals surface area (Å²) in [5.41, 5.74) is 2.56. The van der Waals surface area contributed by atoms with Crippen molar-refractivity contribution >= 4 is 28.7 Å². The largest absolute Gasteiger partial charge is 0.477 e. The summed E-state index contributed by atoms with van der Waals surface area (Å²) in [6.07, 6.45) is 4.22. The number of aromatic carboxylic acids is 1. The summed E-state index contributed by atoms with van der Waals surface area (Å²) < 4.78 is 0. The molecule has 0 saturated heterocycles. The van der Waals surface area contributed by atoms with Crippen LogP contribution in [0.5, 0.6) is 0 Å². The van der Waals surface area contributed by atoms with Crippen LogP contribution in [0.15, 0.2) is 24.0 Å². The van der Waals surface area contributed by atoms with Crippen molar-refractivity contribution in [3.05, 3.63) is 23.7 Å². The molecule has 0 unspecified atom stereocenters. The van der Waals surface area contributed by atoms with Crippen molar-refractivity contribution in [1.29, 1.82) is 0 Å². The van der Waals surface area contributed by atoms with Gasteiger partial charge in [0.25, 0.3) is 0 Å². The number of anilines is 1. The molecule has 0 amide bonds. The highest BCUT2D eigenvalue weighted by atomic mass is 32.1. The zero-order valence-corrected chi connectivity index (χ0v) is 7.41. The molecule has 0 aromatic carbocycles. The van der Waals surface area contributed by atoms with Gasteiger partial charge in [-0.1, -0.05) is 17.9 Å². The molecule has 0 bridgehead atoms. The molecular weight excluding hydrogens is 190 g/mol. The molecule has 1 rings (SSSR count). The molecule has 13 heavy (non-hydrogen) atoms. The van der Waals surface area contributed by atoms with Crippen LogP contribution in [-0.2, 0) is 0 Å². The lowest BCUT2D eigenvalue weighted by molar-refractivity contribution is 0.0702. The van der Waals surface area contributed by atoms with E-state index in [4.69, 9.17) is 5.11 Å². The third-order valence-electron chi connectivity index (χ3n) is 1.06. The van der Waals surface area contributed by atoms with Crippen LogP contribution in [0.4, 0.5) is 5.13 Å². The standard InChI is InChI=1S/C7H7N3O2S/c1-2-3-9-10-7-8-4-5(13-7)6(11)12/h2-4H,1H2,(H,8,10)(H,11,12).